The van der Waals surface area contributed by atoms with Crippen molar-refractivity contribution >= 4 is 42.6 Å². The van der Waals surface area contributed by atoms with Crippen LogP contribution in [0.2, 0.25) is 0 Å². The molecule has 0 bridgehead atoms. The molecular weight excluding hydrogens is 436 g/mol. The van der Waals surface area contributed by atoms with Crippen LogP contribution in [0.4, 0.5) is 5.13 Å². The van der Waals surface area contributed by atoms with Gasteiger partial charge in [-0.3, -0.25) is 15.6 Å². The summed E-state index contributed by atoms with van der Waals surface area (Å²) in [6.07, 6.45) is 2.77. The van der Waals surface area contributed by atoms with E-state index in [-0.39, 0.29) is 16.8 Å². The number of amides is 1. The Morgan fingerprint density at radius 1 is 1.19 bits per heavy atom. The van der Waals surface area contributed by atoms with E-state index in [2.05, 4.69) is 15.8 Å². The molecule has 31 heavy (non-hydrogen) atoms. The minimum absolute atomic E-state index is 0.0154. The summed E-state index contributed by atoms with van der Waals surface area (Å²) < 4.78 is 33.6. The Morgan fingerprint density at radius 2 is 1.97 bits per heavy atom. The molecule has 1 aliphatic rings. The zero-order valence-corrected chi connectivity index (χ0v) is 18.9. The highest BCUT2D eigenvalue weighted by molar-refractivity contribution is 7.89. The van der Waals surface area contributed by atoms with Crippen molar-refractivity contribution < 1.29 is 17.9 Å². The number of nitrogens with one attached hydrogen (secondary N) is 2. The van der Waals surface area contributed by atoms with Gasteiger partial charge < -0.3 is 4.74 Å². The van der Waals surface area contributed by atoms with Crippen LogP contribution in [0.1, 0.15) is 36.5 Å². The maximum Gasteiger partial charge on any atom is 0.269 e. The van der Waals surface area contributed by atoms with Crippen LogP contribution in [0.5, 0.6) is 5.75 Å². The van der Waals surface area contributed by atoms with E-state index >= 15 is 0 Å². The maximum absolute atomic E-state index is 12.9. The number of hydrogen-bond donors (Lipinski definition) is 2. The van der Waals surface area contributed by atoms with Crippen molar-refractivity contribution in [2.45, 2.75) is 37.1 Å². The Kier molecular flexibility index (Phi) is 6.12. The summed E-state index contributed by atoms with van der Waals surface area (Å²) >= 11 is 1.38. The number of anilines is 1. The van der Waals surface area contributed by atoms with Gasteiger partial charge in [0.1, 0.15) is 11.3 Å². The highest BCUT2D eigenvalue weighted by Crippen LogP contribution is 2.31. The number of carbonyl (C=O) groups excluding carboxylic acids is 1. The fourth-order valence-electron chi connectivity index (χ4n) is 3.67. The summed E-state index contributed by atoms with van der Waals surface area (Å²) in [5.74, 6) is 0.273. The van der Waals surface area contributed by atoms with Gasteiger partial charge in [0.2, 0.25) is 15.2 Å². The molecule has 0 saturated carbocycles. The summed E-state index contributed by atoms with van der Waals surface area (Å²) in [5, 5.41) is 0.520. The number of hydrazine groups is 1. The topological polar surface area (TPSA) is 101 Å². The number of piperidine rings is 1. The molecule has 1 atom stereocenters. The lowest BCUT2D eigenvalue weighted by molar-refractivity contribution is 0.0962. The third kappa shape index (κ3) is 4.36. The van der Waals surface area contributed by atoms with Crippen molar-refractivity contribution in [2.24, 2.45) is 0 Å². The SMILES string of the molecule is COc1cccc2sc(NNC(=O)c3ccc(S(=O)(=O)N4CCCC[C@@H]4C)cc3)nc12. The summed E-state index contributed by atoms with van der Waals surface area (Å²) in [6.45, 7) is 2.46. The van der Waals surface area contributed by atoms with Gasteiger partial charge in [0, 0.05) is 18.2 Å². The smallest absolute Gasteiger partial charge is 0.269 e. The number of sulfonamides is 1. The van der Waals surface area contributed by atoms with Gasteiger partial charge in [0.25, 0.3) is 5.91 Å². The van der Waals surface area contributed by atoms with E-state index in [9.17, 15) is 13.2 Å². The van der Waals surface area contributed by atoms with Crippen LogP contribution in [0.25, 0.3) is 10.2 Å². The molecule has 10 heteroatoms. The number of hydrogen-bond acceptors (Lipinski definition) is 7. The van der Waals surface area contributed by atoms with Crippen molar-refractivity contribution in [3.8, 4) is 5.75 Å². The second-order valence-electron chi connectivity index (χ2n) is 7.39. The number of ether oxygens (including phenoxy) is 1. The van der Waals surface area contributed by atoms with Gasteiger partial charge >= 0.3 is 0 Å². The molecule has 1 aromatic heterocycles. The summed E-state index contributed by atoms with van der Waals surface area (Å²) in [7, 11) is -1.98. The molecule has 1 aliphatic heterocycles. The predicted octanol–water partition coefficient (Wildman–Crippen LogP) is 3.62. The van der Waals surface area contributed by atoms with Crippen LogP contribution in [0, 0.1) is 0 Å². The lowest BCUT2D eigenvalue weighted by atomic mass is 10.1. The molecule has 4 rings (SSSR count). The zero-order chi connectivity index (χ0) is 22.0. The highest BCUT2D eigenvalue weighted by Gasteiger charge is 2.30. The Labute approximate surface area is 185 Å². The molecule has 164 valence electrons. The minimum atomic E-state index is -3.56. The zero-order valence-electron chi connectivity index (χ0n) is 17.3. The molecule has 1 fully saturated rings. The van der Waals surface area contributed by atoms with Gasteiger partial charge in [-0.15, -0.1) is 0 Å². The number of fused-ring (bicyclic) bond motifs is 1. The maximum atomic E-state index is 12.9. The standard InChI is InChI=1S/C21H24N4O4S2/c1-14-6-3-4-13-25(14)31(27,28)16-11-9-15(10-12-16)20(26)23-24-21-22-19-17(29-2)7-5-8-18(19)30-21/h5,7-12,14H,3-4,6,13H2,1-2H3,(H,22,24)(H,23,26)/t14-/m0/s1. The van der Waals surface area contributed by atoms with Crippen molar-refractivity contribution in [1.82, 2.24) is 14.7 Å². The number of aromatic nitrogens is 1. The van der Waals surface area contributed by atoms with E-state index in [1.165, 1.54) is 35.6 Å². The molecule has 0 aliphatic carbocycles. The average Bonchev–Trinajstić information content (AvgIpc) is 3.21. The van der Waals surface area contributed by atoms with Gasteiger partial charge in [0.15, 0.2) is 0 Å². The van der Waals surface area contributed by atoms with E-state index in [4.69, 9.17) is 4.74 Å². The molecule has 0 radical (unpaired) electrons. The number of methoxy groups -OCH3 is 1. The van der Waals surface area contributed by atoms with Crippen molar-refractivity contribution in [1.29, 1.82) is 0 Å². The molecule has 2 N–H and O–H groups in total. The molecule has 3 aromatic rings. The number of nitrogens with zero attached hydrogens (tertiary/aromatic N) is 2. The first-order valence-corrected chi connectivity index (χ1v) is 12.3. The van der Waals surface area contributed by atoms with Gasteiger partial charge in [-0.1, -0.05) is 23.8 Å². The Hall–Kier alpha value is -2.69. The number of carbonyl (C=O) groups is 1. The third-order valence-electron chi connectivity index (χ3n) is 5.35. The van der Waals surface area contributed by atoms with E-state index < -0.39 is 10.0 Å². The van der Waals surface area contributed by atoms with Gasteiger partial charge in [-0.2, -0.15) is 4.31 Å². The highest BCUT2D eigenvalue weighted by atomic mass is 32.2. The first kappa shape index (κ1) is 21.5. The minimum Gasteiger partial charge on any atom is -0.494 e. The summed E-state index contributed by atoms with van der Waals surface area (Å²) in [6, 6.07) is 11.6. The first-order valence-electron chi connectivity index (χ1n) is 10.0. The molecule has 1 saturated heterocycles. The molecule has 8 nitrogen and oxygen atoms in total. The molecule has 0 unspecified atom stereocenters. The molecule has 1 amide bonds. The van der Waals surface area contributed by atoms with Crippen LogP contribution in [0.15, 0.2) is 47.4 Å². The number of rotatable bonds is 6. The van der Waals surface area contributed by atoms with Crippen LogP contribution < -0.4 is 15.6 Å². The second kappa shape index (κ2) is 8.81. The number of benzene rings is 2. The molecule has 2 heterocycles. The Morgan fingerprint density at radius 3 is 2.68 bits per heavy atom. The van der Waals surface area contributed by atoms with Crippen molar-refractivity contribution in [3.63, 3.8) is 0 Å². The number of para-hydroxylation sites is 1. The fraction of sp³-hybridized carbons (Fsp3) is 0.333. The molecular formula is C21H24N4O4S2. The largest absolute Gasteiger partial charge is 0.494 e. The van der Waals surface area contributed by atoms with E-state index in [1.54, 1.807) is 11.4 Å². The third-order valence-corrected chi connectivity index (χ3v) is 8.31. The average molecular weight is 461 g/mol. The van der Waals surface area contributed by atoms with E-state index in [0.717, 1.165) is 24.0 Å². The van der Waals surface area contributed by atoms with Crippen LogP contribution in [-0.2, 0) is 10.0 Å². The van der Waals surface area contributed by atoms with E-state index in [1.807, 2.05) is 25.1 Å². The number of thiazole rings is 1. The van der Waals surface area contributed by atoms with E-state index in [0.29, 0.717) is 28.5 Å². The second-order valence-corrected chi connectivity index (χ2v) is 10.3. The summed E-state index contributed by atoms with van der Waals surface area (Å²) in [5.41, 5.74) is 6.47. The molecule has 0 spiro atoms. The summed E-state index contributed by atoms with van der Waals surface area (Å²) in [4.78, 5) is 17.1. The van der Waals surface area contributed by atoms with Gasteiger partial charge in [-0.05, 0) is 56.2 Å². The predicted molar refractivity (Wildman–Crippen MR) is 121 cm³/mol. The van der Waals surface area contributed by atoms with Crippen LogP contribution in [0.3, 0.4) is 0 Å². The monoisotopic (exact) mass is 460 g/mol. The van der Waals surface area contributed by atoms with Crippen LogP contribution in [-0.4, -0.2) is 43.3 Å². The van der Waals surface area contributed by atoms with Crippen LogP contribution >= 0.6 is 11.3 Å². The van der Waals surface area contributed by atoms with Gasteiger partial charge in [-0.25, -0.2) is 13.4 Å². The fourth-order valence-corrected chi connectivity index (χ4v) is 6.20. The normalized spacial score (nSPS) is 17.4. The quantitative estimate of drug-likeness (QED) is 0.545. The van der Waals surface area contributed by atoms with Gasteiger partial charge in [0.05, 0.1) is 16.7 Å². The lowest BCUT2D eigenvalue weighted by Gasteiger charge is -2.32. The Balaban J connectivity index is 1.44. The van der Waals surface area contributed by atoms with Crippen molar-refractivity contribution in [2.75, 3.05) is 19.1 Å². The molecule has 2 aromatic carbocycles. The Bertz CT molecular complexity index is 1190. The van der Waals surface area contributed by atoms with Crippen molar-refractivity contribution in [3.05, 3.63) is 48.0 Å². The first-order chi connectivity index (χ1) is 14.9. The lowest BCUT2D eigenvalue weighted by Crippen LogP contribution is -2.41.